The third kappa shape index (κ3) is 6.13. The van der Waals surface area contributed by atoms with Gasteiger partial charge in [0.25, 0.3) is 5.91 Å². The van der Waals surface area contributed by atoms with Crippen molar-refractivity contribution in [1.82, 2.24) is 10.2 Å². The average Bonchev–Trinajstić information content (AvgIpc) is 2.67. The van der Waals surface area contributed by atoms with E-state index in [1.165, 1.54) is 0 Å². The Balaban J connectivity index is 0.00000261. The highest BCUT2D eigenvalue weighted by Gasteiger charge is 2.23. The van der Waals surface area contributed by atoms with Gasteiger partial charge in [-0.15, -0.1) is 12.4 Å². The van der Waals surface area contributed by atoms with Gasteiger partial charge in [0.2, 0.25) is 0 Å². The molecular formula is C21H26Cl2N2O2. The second kappa shape index (κ2) is 10.5. The van der Waals surface area contributed by atoms with Gasteiger partial charge >= 0.3 is 0 Å². The first-order valence-electron chi connectivity index (χ1n) is 9.07. The molecule has 1 amide bonds. The number of nitrogens with zero attached hydrogens (tertiary/aromatic N) is 1. The number of piperidine rings is 1. The maximum absolute atomic E-state index is 12.8. The summed E-state index contributed by atoms with van der Waals surface area (Å²) in [5, 5.41) is 3.91. The first kappa shape index (κ1) is 21.5. The molecule has 0 spiro atoms. The van der Waals surface area contributed by atoms with Gasteiger partial charge in [0.05, 0.1) is 0 Å². The molecule has 1 aliphatic rings. The topological polar surface area (TPSA) is 41.6 Å². The molecule has 6 heteroatoms. The molecule has 0 atom stereocenters. The lowest BCUT2D eigenvalue weighted by atomic mass is 9.96. The minimum Gasteiger partial charge on any atom is -0.489 e. The van der Waals surface area contributed by atoms with E-state index >= 15 is 0 Å². The van der Waals surface area contributed by atoms with Gasteiger partial charge in [0.15, 0.2) is 0 Å². The van der Waals surface area contributed by atoms with Gasteiger partial charge in [-0.1, -0.05) is 29.8 Å². The molecule has 3 rings (SSSR count). The highest BCUT2D eigenvalue weighted by atomic mass is 35.5. The Morgan fingerprint density at radius 1 is 1.19 bits per heavy atom. The summed E-state index contributed by atoms with van der Waals surface area (Å²) in [7, 11) is 1.98. The van der Waals surface area contributed by atoms with Crippen LogP contribution in [0.25, 0.3) is 0 Å². The van der Waals surface area contributed by atoms with Crippen LogP contribution >= 0.6 is 24.0 Å². The molecule has 0 aromatic heterocycles. The molecule has 27 heavy (non-hydrogen) atoms. The molecule has 2 aromatic carbocycles. The fraction of sp³-hybridized carbons (Fsp3) is 0.381. The van der Waals surface area contributed by atoms with E-state index in [1.807, 2.05) is 60.5 Å². The Kier molecular flexibility index (Phi) is 8.42. The van der Waals surface area contributed by atoms with Crippen LogP contribution < -0.4 is 10.1 Å². The summed E-state index contributed by atoms with van der Waals surface area (Å²) < 4.78 is 5.84. The van der Waals surface area contributed by atoms with E-state index in [9.17, 15) is 4.79 Å². The monoisotopic (exact) mass is 408 g/mol. The zero-order valence-electron chi connectivity index (χ0n) is 15.5. The summed E-state index contributed by atoms with van der Waals surface area (Å²) in [6.45, 7) is 3.08. The van der Waals surface area contributed by atoms with Crippen LogP contribution in [0.15, 0.2) is 48.5 Å². The molecule has 2 aromatic rings. The molecule has 0 bridgehead atoms. The van der Waals surface area contributed by atoms with Crippen LogP contribution in [0.4, 0.5) is 0 Å². The van der Waals surface area contributed by atoms with Crippen molar-refractivity contribution >= 4 is 29.9 Å². The van der Waals surface area contributed by atoms with Gasteiger partial charge in [-0.3, -0.25) is 4.79 Å². The Hall–Kier alpha value is -1.75. The Labute approximate surface area is 172 Å². The van der Waals surface area contributed by atoms with Crippen molar-refractivity contribution in [2.45, 2.75) is 19.4 Å². The number of hydrogen-bond acceptors (Lipinski definition) is 3. The SMILES string of the molecule is CNCC1CCN(C(=O)c2cccc(OCc3cccc(Cl)c3)c2)CC1.Cl. The van der Waals surface area contributed by atoms with Crippen molar-refractivity contribution < 1.29 is 9.53 Å². The minimum atomic E-state index is 0. The maximum atomic E-state index is 12.8. The van der Waals surface area contributed by atoms with Gasteiger partial charge in [0.1, 0.15) is 12.4 Å². The average molecular weight is 409 g/mol. The number of hydrogen-bond donors (Lipinski definition) is 1. The molecule has 146 valence electrons. The molecule has 1 saturated heterocycles. The summed E-state index contributed by atoms with van der Waals surface area (Å²) in [5.41, 5.74) is 1.68. The molecule has 0 saturated carbocycles. The number of benzene rings is 2. The number of rotatable bonds is 6. The number of likely N-dealkylation sites (tertiary alicyclic amines) is 1. The first-order chi connectivity index (χ1) is 12.7. The summed E-state index contributed by atoms with van der Waals surface area (Å²) >= 11 is 6.00. The van der Waals surface area contributed by atoms with Crippen molar-refractivity contribution in [3.63, 3.8) is 0 Å². The van der Waals surface area contributed by atoms with Crippen molar-refractivity contribution in [2.24, 2.45) is 5.92 Å². The number of carbonyl (C=O) groups is 1. The van der Waals surface area contributed by atoms with Crippen molar-refractivity contribution in [1.29, 1.82) is 0 Å². The van der Waals surface area contributed by atoms with Crippen molar-refractivity contribution in [3.8, 4) is 5.75 Å². The van der Waals surface area contributed by atoms with E-state index in [4.69, 9.17) is 16.3 Å². The van der Waals surface area contributed by atoms with Crippen molar-refractivity contribution in [3.05, 3.63) is 64.7 Å². The number of ether oxygens (including phenoxy) is 1. The molecule has 1 aliphatic heterocycles. The van der Waals surface area contributed by atoms with Crippen LogP contribution in [-0.2, 0) is 6.61 Å². The molecule has 4 nitrogen and oxygen atoms in total. The fourth-order valence-electron chi connectivity index (χ4n) is 3.32. The quantitative estimate of drug-likeness (QED) is 0.769. The predicted molar refractivity (Wildman–Crippen MR) is 112 cm³/mol. The van der Waals surface area contributed by atoms with Crippen LogP contribution in [-0.4, -0.2) is 37.5 Å². The van der Waals surface area contributed by atoms with E-state index in [2.05, 4.69) is 5.32 Å². The van der Waals surface area contributed by atoms with E-state index in [-0.39, 0.29) is 18.3 Å². The second-order valence-corrected chi connectivity index (χ2v) is 7.18. The van der Waals surface area contributed by atoms with Crippen LogP contribution in [0, 0.1) is 5.92 Å². The normalized spacial score (nSPS) is 14.5. The summed E-state index contributed by atoms with van der Waals surface area (Å²) in [6.07, 6.45) is 2.11. The van der Waals surface area contributed by atoms with Crippen LogP contribution in [0.2, 0.25) is 5.02 Å². The van der Waals surface area contributed by atoms with Gasteiger partial charge < -0.3 is 15.0 Å². The Bertz CT molecular complexity index is 746. The lowest BCUT2D eigenvalue weighted by molar-refractivity contribution is 0.0690. The molecule has 1 fully saturated rings. The molecular weight excluding hydrogens is 383 g/mol. The lowest BCUT2D eigenvalue weighted by Crippen LogP contribution is -2.40. The first-order valence-corrected chi connectivity index (χ1v) is 9.44. The number of carbonyl (C=O) groups excluding carboxylic acids is 1. The van der Waals surface area contributed by atoms with Gasteiger partial charge in [-0.05, 0) is 68.2 Å². The fourth-order valence-corrected chi connectivity index (χ4v) is 3.54. The van der Waals surface area contributed by atoms with E-state index in [0.29, 0.717) is 28.9 Å². The molecule has 1 heterocycles. The minimum absolute atomic E-state index is 0. The zero-order chi connectivity index (χ0) is 18.4. The zero-order valence-corrected chi connectivity index (χ0v) is 17.1. The maximum Gasteiger partial charge on any atom is 0.253 e. The number of halogens is 2. The largest absolute Gasteiger partial charge is 0.489 e. The molecule has 1 N–H and O–H groups in total. The highest BCUT2D eigenvalue weighted by Crippen LogP contribution is 2.21. The van der Waals surface area contributed by atoms with Gasteiger partial charge in [0, 0.05) is 23.7 Å². The van der Waals surface area contributed by atoms with Gasteiger partial charge in [-0.25, -0.2) is 0 Å². The summed E-state index contributed by atoms with van der Waals surface area (Å²) in [6, 6.07) is 15.0. The van der Waals surface area contributed by atoms with Crippen molar-refractivity contribution in [2.75, 3.05) is 26.7 Å². The number of amides is 1. The predicted octanol–water partition coefficient (Wildman–Crippen LogP) is 4.41. The van der Waals surface area contributed by atoms with Gasteiger partial charge in [-0.2, -0.15) is 0 Å². The highest BCUT2D eigenvalue weighted by molar-refractivity contribution is 6.30. The van der Waals surface area contributed by atoms with E-state index in [0.717, 1.165) is 38.0 Å². The van der Waals surface area contributed by atoms with Crippen LogP contribution in [0.3, 0.4) is 0 Å². The lowest BCUT2D eigenvalue weighted by Gasteiger charge is -2.32. The third-order valence-corrected chi connectivity index (χ3v) is 5.01. The second-order valence-electron chi connectivity index (χ2n) is 6.74. The Morgan fingerprint density at radius 3 is 2.63 bits per heavy atom. The number of nitrogens with one attached hydrogen (secondary N) is 1. The van der Waals surface area contributed by atoms with Crippen LogP contribution in [0.5, 0.6) is 5.75 Å². The summed E-state index contributed by atoms with van der Waals surface area (Å²) in [4.78, 5) is 14.7. The molecule has 0 aliphatic carbocycles. The standard InChI is InChI=1S/C21H25ClN2O2.ClH/c1-23-14-16-8-10-24(11-9-16)21(25)18-5-3-7-20(13-18)26-15-17-4-2-6-19(22)12-17;/h2-7,12-13,16,23H,8-11,14-15H2,1H3;1H. The third-order valence-electron chi connectivity index (χ3n) is 4.77. The molecule has 0 unspecified atom stereocenters. The summed E-state index contributed by atoms with van der Waals surface area (Å²) in [5.74, 6) is 1.44. The van der Waals surface area contributed by atoms with Crippen LogP contribution in [0.1, 0.15) is 28.8 Å². The van der Waals surface area contributed by atoms with E-state index < -0.39 is 0 Å². The Morgan fingerprint density at radius 2 is 1.93 bits per heavy atom. The molecule has 0 radical (unpaired) electrons. The smallest absolute Gasteiger partial charge is 0.253 e. The van der Waals surface area contributed by atoms with E-state index in [1.54, 1.807) is 0 Å².